The zero-order valence-electron chi connectivity index (χ0n) is 13.2. The Balaban J connectivity index is 0.00000169. The zero-order chi connectivity index (χ0) is 16.0. The lowest BCUT2D eigenvalue weighted by molar-refractivity contribution is 0.393. The molecule has 0 atom stereocenters. The van der Waals surface area contributed by atoms with Crippen LogP contribution in [0.3, 0.4) is 0 Å². The number of rotatable bonds is 2. The number of aryl methyl sites for hydroxylation is 3. The highest BCUT2D eigenvalue weighted by Crippen LogP contribution is 2.36. The molecule has 0 spiro atoms. The number of nitrogens with one attached hydrogen (secondary N) is 1. The molecule has 3 heterocycles. The Morgan fingerprint density at radius 3 is 2.58 bits per heavy atom. The SMILES string of the molecule is C.Cc1ccncc1-c1cc(-c2c(C)noc2C)cc2cn[nH]c12. The molecule has 1 N–H and O–H groups in total. The fraction of sp³-hybridized carbons (Fsp3) is 0.211. The van der Waals surface area contributed by atoms with Gasteiger partial charge in [-0.1, -0.05) is 12.6 Å². The molecule has 0 unspecified atom stereocenters. The van der Waals surface area contributed by atoms with Crippen LogP contribution in [0.15, 0.2) is 41.3 Å². The van der Waals surface area contributed by atoms with E-state index in [0.717, 1.165) is 44.6 Å². The summed E-state index contributed by atoms with van der Waals surface area (Å²) in [7, 11) is 0. The summed E-state index contributed by atoms with van der Waals surface area (Å²) in [6, 6.07) is 6.28. The molecular formula is C19H20N4O. The van der Waals surface area contributed by atoms with Crippen LogP contribution < -0.4 is 0 Å². The summed E-state index contributed by atoms with van der Waals surface area (Å²) in [5, 5.41) is 12.4. The van der Waals surface area contributed by atoms with E-state index in [1.807, 2.05) is 32.3 Å². The van der Waals surface area contributed by atoms with Gasteiger partial charge in [-0.25, -0.2) is 0 Å². The molecule has 0 aliphatic carbocycles. The lowest BCUT2D eigenvalue weighted by Gasteiger charge is -2.09. The van der Waals surface area contributed by atoms with E-state index >= 15 is 0 Å². The van der Waals surface area contributed by atoms with Gasteiger partial charge in [-0.3, -0.25) is 10.1 Å². The molecule has 0 saturated heterocycles. The third kappa shape index (κ3) is 2.38. The Kier molecular flexibility index (Phi) is 3.93. The molecule has 0 aliphatic heterocycles. The van der Waals surface area contributed by atoms with Gasteiger partial charge in [0.2, 0.25) is 0 Å². The number of benzene rings is 1. The van der Waals surface area contributed by atoms with Crippen molar-refractivity contribution in [1.82, 2.24) is 20.3 Å². The Morgan fingerprint density at radius 1 is 1.04 bits per heavy atom. The molecule has 0 amide bonds. The number of nitrogens with zero attached hydrogens (tertiary/aromatic N) is 3. The van der Waals surface area contributed by atoms with Gasteiger partial charge < -0.3 is 4.52 Å². The molecule has 0 saturated carbocycles. The fourth-order valence-corrected chi connectivity index (χ4v) is 3.06. The van der Waals surface area contributed by atoms with Crippen LogP contribution in [0.25, 0.3) is 33.2 Å². The van der Waals surface area contributed by atoms with Crippen molar-refractivity contribution in [3.63, 3.8) is 0 Å². The van der Waals surface area contributed by atoms with Crippen molar-refractivity contribution in [2.45, 2.75) is 28.2 Å². The van der Waals surface area contributed by atoms with Gasteiger partial charge in [0.1, 0.15) is 5.76 Å². The van der Waals surface area contributed by atoms with E-state index in [1.165, 1.54) is 5.56 Å². The summed E-state index contributed by atoms with van der Waals surface area (Å²) in [5.41, 5.74) is 7.36. The second-order valence-electron chi connectivity index (χ2n) is 5.75. The summed E-state index contributed by atoms with van der Waals surface area (Å²) < 4.78 is 5.33. The Morgan fingerprint density at radius 2 is 1.88 bits per heavy atom. The van der Waals surface area contributed by atoms with Crippen molar-refractivity contribution in [2.75, 3.05) is 0 Å². The van der Waals surface area contributed by atoms with Crippen LogP contribution in [0.5, 0.6) is 0 Å². The predicted octanol–water partition coefficient (Wildman–Crippen LogP) is 4.84. The minimum absolute atomic E-state index is 0. The quantitative estimate of drug-likeness (QED) is 0.574. The van der Waals surface area contributed by atoms with Gasteiger partial charge in [0.15, 0.2) is 0 Å². The summed E-state index contributed by atoms with van der Waals surface area (Å²) >= 11 is 0. The Hall–Kier alpha value is -2.95. The minimum atomic E-state index is 0. The molecule has 0 aliphatic rings. The van der Waals surface area contributed by atoms with Crippen LogP contribution in [-0.2, 0) is 0 Å². The van der Waals surface area contributed by atoms with E-state index in [-0.39, 0.29) is 7.43 Å². The summed E-state index contributed by atoms with van der Waals surface area (Å²) in [4.78, 5) is 4.28. The first-order valence-corrected chi connectivity index (χ1v) is 7.46. The summed E-state index contributed by atoms with van der Waals surface area (Å²) in [6.07, 6.45) is 5.54. The fourth-order valence-electron chi connectivity index (χ4n) is 3.06. The van der Waals surface area contributed by atoms with Crippen molar-refractivity contribution < 1.29 is 4.52 Å². The van der Waals surface area contributed by atoms with Gasteiger partial charge in [0, 0.05) is 34.5 Å². The lowest BCUT2D eigenvalue weighted by atomic mass is 9.95. The molecule has 1 aromatic carbocycles. The minimum Gasteiger partial charge on any atom is -0.361 e. The maximum Gasteiger partial charge on any atom is 0.141 e. The first-order chi connectivity index (χ1) is 11.1. The average Bonchev–Trinajstić information content (AvgIpc) is 3.13. The molecule has 5 heteroatoms. The second-order valence-corrected chi connectivity index (χ2v) is 5.75. The molecule has 0 radical (unpaired) electrons. The molecule has 0 bridgehead atoms. The first kappa shape index (κ1) is 15.9. The van der Waals surface area contributed by atoms with E-state index in [9.17, 15) is 0 Å². The standard InChI is InChI=1S/C18H16N4O.CH4/c1-10-4-5-19-9-16(10)15-7-13(6-14-8-20-21-18(14)15)17-11(2)22-23-12(17)3;/h4-9H,1-3H3,(H,20,21);1H4. The van der Waals surface area contributed by atoms with Crippen molar-refractivity contribution in [3.05, 3.63) is 53.8 Å². The number of fused-ring (bicyclic) bond motifs is 1. The largest absolute Gasteiger partial charge is 0.361 e. The lowest BCUT2D eigenvalue weighted by Crippen LogP contribution is -1.89. The molecule has 0 fully saturated rings. The highest BCUT2D eigenvalue weighted by molar-refractivity contribution is 5.98. The van der Waals surface area contributed by atoms with E-state index in [1.54, 1.807) is 6.20 Å². The van der Waals surface area contributed by atoms with Crippen molar-refractivity contribution >= 4 is 10.9 Å². The normalized spacial score (nSPS) is 10.8. The summed E-state index contributed by atoms with van der Waals surface area (Å²) in [5.74, 6) is 0.819. The number of aromatic nitrogens is 4. The van der Waals surface area contributed by atoms with Crippen LogP contribution in [0.2, 0.25) is 0 Å². The van der Waals surface area contributed by atoms with Crippen LogP contribution in [-0.4, -0.2) is 20.3 Å². The van der Waals surface area contributed by atoms with Crippen LogP contribution in [0, 0.1) is 20.8 Å². The first-order valence-electron chi connectivity index (χ1n) is 7.46. The number of aromatic amines is 1. The van der Waals surface area contributed by atoms with Gasteiger partial charge in [0.25, 0.3) is 0 Å². The molecule has 24 heavy (non-hydrogen) atoms. The average molecular weight is 320 g/mol. The number of hydrogen-bond acceptors (Lipinski definition) is 4. The molecule has 3 aromatic heterocycles. The monoisotopic (exact) mass is 320 g/mol. The molecule has 4 rings (SSSR count). The number of hydrogen-bond donors (Lipinski definition) is 1. The van der Waals surface area contributed by atoms with Crippen LogP contribution in [0.1, 0.15) is 24.4 Å². The summed E-state index contributed by atoms with van der Waals surface area (Å²) in [6.45, 7) is 5.98. The zero-order valence-corrected chi connectivity index (χ0v) is 13.2. The van der Waals surface area contributed by atoms with E-state index in [0.29, 0.717) is 0 Å². The van der Waals surface area contributed by atoms with Gasteiger partial charge in [0.05, 0.1) is 17.4 Å². The second kappa shape index (κ2) is 5.92. The van der Waals surface area contributed by atoms with Crippen LogP contribution >= 0.6 is 0 Å². The van der Waals surface area contributed by atoms with E-state index in [4.69, 9.17) is 4.52 Å². The van der Waals surface area contributed by atoms with E-state index < -0.39 is 0 Å². The van der Waals surface area contributed by atoms with Crippen molar-refractivity contribution in [2.24, 2.45) is 0 Å². The Bertz CT molecular complexity index is 994. The molecule has 122 valence electrons. The van der Waals surface area contributed by atoms with Crippen molar-refractivity contribution in [1.29, 1.82) is 0 Å². The predicted molar refractivity (Wildman–Crippen MR) is 95.8 cm³/mol. The van der Waals surface area contributed by atoms with Crippen molar-refractivity contribution in [3.8, 4) is 22.3 Å². The number of pyridine rings is 1. The van der Waals surface area contributed by atoms with Gasteiger partial charge in [-0.05, 0) is 50.1 Å². The highest BCUT2D eigenvalue weighted by Gasteiger charge is 2.16. The maximum absolute atomic E-state index is 5.33. The molecule has 5 nitrogen and oxygen atoms in total. The molecular weight excluding hydrogens is 300 g/mol. The van der Waals surface area contributed by atoms with Gasteiger partial charge in [-0.2, -0.15) is 5.10 Å². The number of H-pyrrole nitrogens is 1. The highest BCUT2D eigenvalue weighted by atomic mass is 16.5. The van der Waals surface area contributed by atoms with Gasteiger partial charge >= 0.3 is 0 Å². The van der Waals surface area contributed by atoms with Gasteiger partial charge in [-0.15, -0.1) is 0 Å². The van der Waals surface area contributed by atoms with E-state index in [2.05, 4.69) is 39.4 Å². The topological polar surface area (TPSA) is 67.6 Å². The smallest absolute Gasteiger partial charge is 0.141 e. The third-order valence-corrected chi connectivity index (χ3v) is 4.20. The van der Waals surface area contributed by atoms with Crippen LogP contribution in [0.4, 0.5) is 0 Å². The maximum atomic E-state index is 5.33. The Labute approximate surface area is 140 Å². The molecule has 4 aromatic rings. The third-order valence-electron chi connectivity index (χ3n) is 4.20.